The van der Waals surface area contributed by atoms with Gasteiger partial charge in [-0.15, -0.1) is 0 Å². The molecule has 4 nitrogen and oxygen atoms in total. The quantitative estimate of drug-likeness (QED) is 0.902. The van der Waals surface area contributed by atoms with Crippen molar-refractivity contribution in [1.82, 2.24) is 0 Å². The van der Waals surface area contributed by atoms with Crippen molar-refractivity contribution in [3.63, 3.8) is 0 Å². The van der Waals surface area contributed by atoms with Crippen LogP contribution >= 0.6 is 11.6 Å². The predicted octanol–water partition coefficient (Wildman–Crippen LogP) is 3.17. The van der Waals surface area contributed by atoms with Crippen LogP contribution in [0.4, 0.5) is 0 Å². The lowest BCUT2D eigenvalue weighted by Crippen LogP contribution is -2.16. The van der Waals surface area contributed by atoms with Crippen molar-refractivity contribution in [1.29, 1.82) is 0 Å². The molecule has 104 valence electrons. The Morgan fingerprint density at radius 2 is 1.95 bits per heavy atom. The van der Waals surface area contributed by atoms with Crippen molar-refractivity contribution >= 4 is 17.6 Å². The molecule has 0 saturated heterocycles. The largest absolute Gasteiger partial charge is 0.492 e. The summed E-state index contributed by atoms with van der Waals surface area (Å²) < 4.78 is 10.7. The fraction of sp³-hybridized carbons (Fsp3) is 0.500. The molecular weight excluding hydrogens is 268 g/mol. The lowest BCUT2D eigenvalue weighted by atomic mass is 9.87. The first-order valence-electron chi connectivity index (χ1n) is 6.08. The number of halogens is 1. The van der Waals surface area contributed by atoms with E-state index in [0.29, 0.717) is 16.5 Å². The molecule has 0 spiro atoms. The van der Waals surface area contributed by atoms with Crippen LogP contribution in [0.2, 0.25) is 5.02 Å². The summed E-state index contributed by atoms with van der Waals surface area (Å²) in [7, 11) is 3.08. The Balaban J connectivity index is 2.59. The Morgan fingerprint density at radius 1 is 1.37 bits per heavy atom. The summed E-state index contributed by atoms with van der Waals surface area (Å²) in [6.45, 7) is 1.92. The zero-order valence-corrected chi connectivity index (χ0v) is 12.0. The number of carboxylic acids is 1. The number of methoxy groups -OCH3 is 2. The van der Waals surface area contributed by atoms with E-state index in [1.165, 1.54) is 7.11 Å². The smallest absolute Gasteiger partial charge is 0.304 e. The van der Waals surface area contributed by atoms with Gasteiger partial charge in [-0.3, -0.25) is 4.79 Å². The van der Waals surface area contributed by atoms with Crippen LogP contribution in [-0.2, 0) is 10.2 Å². The number of aliphatic carboxylic acids is 1. The molecule has 1 aliphatic rings. The average molecular weight is 285 g/mol. The van der Waals surface area contributed by atoms with Gasteiger partial charge in [0, 0.05) is 11.0 Å². The molecule has 2 rings (SSSR count). The summed E-state index contributed by atoms with van der Waals surface area (Å²) in [5.41, 5.74) is 1.53. The summed E-state index contributed by atoms with van der Waals surface area (Å²) in [5, 5.41) is 9.57. The van der Waals surface area contributed by atoms with Crippen LogP contribution in [-0.4, -0.2) is 25.3 Å². The fourth-order valence-corrected chi connectivity index (χ4v) is 3.06. The molecule has 0 radical (unpaired) electrons. The molecule has 1 fully saturated rings. The van der Waals surface area contributed by atoms with E-state index in [9.17, 15) is 4.79 Å². The standard InChI is InChI=1S/C14H17ClO4/c1-8-6-9(15)12(18-2)13(19-3)11(8)14(4-5-14)7-10(16)17/h6H,4-5,7H2,1-3H3,(H,16,17). The molecule has 0 bridgehead atoms. The first-order chi connectivity index (χ1) is 8.95. The molecule has 0 aromatic heterocycles. The summed E-state index contributed by atoms with van der Waals surface area (Å²) >= 11 is 6.14. The maximum atomic E-state index is 11.1. The maximum absolute atomic E-state index is 11.1. The lowest BCUT2D eigenvalue weighted by Gasteiger charge is -2.22. The van der Waals surface area contributed by atoms with E-state index in [1.54, 1.807) is 13.2 Å². The molecule has 0 aliphatic heterocycles. The SMILES string of the molecule is COc1c(Cl)cc(C)c(C2(CC(=O)O)CC2)c1OC. The van der Waals surface area contributed by atoms with E-state index in [-0.39, 0.29) is 11.8 Å². The number of aryl methyl sites for hydroxylation is 1. The van der Waals surface area contributed by atoms with E-state index < -0.39 is 5.97 Å². The van der Waals surface area contributed by atoms with Gasteiger partial charge in [0.25, 0.3) is 0 Å². The number of rotatable bonds is 5. The maximum Gasteiger partial charge on any atom is 0.304 e. The Labute approximate surface area is 117 Å². The predicted molar refractivity (Wildman–Crippen MR) is 72.5 cm³/mol. The number of hydrogen-bond donors (Lipinski definition) is 1. The van der Waals surface area contributed by atoms with Crippen molar-refractivity contribution in [3.05, 3.63) is 22.2 Å². The summed E-state index contributed by atoms with van der Waals surface area (Å²) in [5.74, 6) is 0.237. The van der Waals surface area contributed by atoms with Gasteiger partial charge in [-0.2, -0.15) is 0 Å². The van der Waals surface area contributed by atoms with Gasteiger partial charge in [0.15, 0.2) is 11.5 Å². The van der Waals surface area contributed by atoms with Crippen LogP contribution in [0.3, 0.4) is 0 Å². The van der Waals surface area contributed by atoms with E-state index >= 15 is 0 Å². The second-order valence-corrected chi connectivity index (χ2v) is 5.37. The van der Waals surface area contributed by atoms with E-state index in [0.717, 1.165) is 24.0 Å². The molecule has 0 heterocycles. The van der Waals surface area contributed by atoms with Gasteiger partial charge in [-0.05, 0) is 31.4 Å². The van der Waals surface area contributed by atoms with Crippen LogP contribution in [0.1, 0.15) is 30.4 Å². The van der Waals surface area contributed by atoms with Crippen molar-refractivity contribution < 1.29 is 19.4 Å². The van der Waals surface area contributed by atoms with Crippen LogP contribution in [0.25, 0.3) is 0 Å². The minimum atomic E-state index is -0.798. The second kappa shape index (κ2) is 4.93. The van der Waals surface area contributed by atoms with Crippen LogP contribution < -0.4 is 9.47 Å². The number of hydrogen-bond acceptors (Lipinski definition) is 3. The third kappa shape index (κ3) is 2.37. The monoisotopic (exact) mass is 284 g/mol. The molecule has 1 aromatic carbocycles. The third-order valence-corrected chi connectivity index (χ3v) is 3.95. The number of benzene rings is 1. The zero-order valence-electron chi connectivity index (χ0n) is 11.2. The normalized spacial score (nSPS) is 16.0. The second-order valence-electron chi connectivity index (χ2n) is 4.97. The van der Waals surface area contributed by atoms with E-state index in [4.69, 9.17) is 26.2 Å². The van der Waals surface area contributed by atoms with Crippen molar-refractivity contribution in [2.45, 2.75) is 31.6 Å². The summed E-state index contributed by atoms with van der Waals surface area (Å²) in [6, 6.07) is 1.81. The molecule has 1 aromatic rings. The summed E-state index contributed by atoms with van der Waals surface area (Å²) in [6.07, 6.45) is 1.80. The van der Waals surface area contributed by atoms with Gasteiger partial charge in [0.2, 0.25) is 0 Å². The van der Waals surface area contributed by atoms with E-state index in [1.807, 2.05) is 6.92 Å². The zero-order chi connectivity index (χ0) is 14.2. The Morgan fingerprint density at radius 3 is 2.37 bits per heavy atom. The fourth-order valence-electron chi connectivity index (χ4n) is 2.73. The molecule has 1 aliphatic carbocycles. The molecule has 0 unspecified atom stereocenters. The topological polar surface area (TPSA) is 55.8 Å². The highest BCUT2D eigenvalue weighted by Crippen LogP contribution is 2.57. The Kier molecular flexibility index (Phi) is 3.63. The van der Waals surface area contributed by atoms with Crippen LogP contribution in [0.5, 0.6) is 11.5 Å². The highest BCUT2D eigenvalue weighted by Gasteiger charge is 2.49. The number of carbonyl (C=O) groups is 1. The Bertz CT molecular complexity index is 521. The average Bonchev–Trinajstić information content (AvgIpc) is 3.07. The molecule has 1 saturated carbocycles. The molecule has 5 heteroatoms. The van der Waals surface area contributed by atoms with E-state index in [2.05, 4.69) is 0 Å². The van der Waals surface area contributed by atoms with Gasteiger partial charge in [0.05, 0.1) is 25.7 Å². The molecule has 1 N–H and O–H groups in total. The van der Waals surface area contributed by atoms with Gasteiger partial charge in [0.1, 0.15) is 0 Å². The third-order valence-electron chi connectivity index (χ3n) is 3.67. The van der Waals surface area contributed by atoms with Crippen LogP contribution in [0, 0.1) is 6.92 Å². The first-order valence-corrected chi connectivity index (χ1v) is 6.46. The molecule has 0 amide bonds. The Hall–Kier alpha value is -1.42. The minimum absolute atomic E-state index is 0.106. The number of ether oxygens (including phenoxy) is 2. The summed E-state index contributed by atoms with van der Waals surface area (Å²) in [4.78, 5) is 11.1. The minimum Gasteiger partial charge on any atom is -0.492 e. The van der Waals surface area contributed by atoms with Crippen LogP contribution in [0.15, 0.2) is 6.07 Å². The first kappa shape index (κ1) is 14.0. The van der Waals surface area contributed by atoms with Gasteiger partial charge in [-0.25, -0.2) is 0 Å². The number of carboxylic acid groups (broad SMARTS) is 1. The molecule has 19 heavy (non-hydrogen) atoms. The lowest BCUT2D eigenvalue weighted by molar-refractivity contribution is -0.137. The van der Waals surface area contributed by atoms with Crippen molar-refractivity contribution in [3.8, 4) is 11.5 Å². The van der Waals surface area contributed by atoms with Gasteiger partial charge < -0.3 is 14.6 Å². The highest BCUT2D eigenvalue weighted by atomic mass is 35.5. The van der Waals surface area contributed by atoms with Gasteiger partial charge >= 0.3 is 5.97 Å². The molecular formula is C14H17ClO4. The van der Waals surface area contributed by atoms with Crippen molar-refractivity contribution in [2.75, 3.05) is 14.2 Å². The molecule has 0 atom stereocenters. The highest BCUT2D eigenvalue weighted by molar-refractivity contribution is 6.32. The van der Waals surface area contributed by atoms with Gasteiger partial charge in [-0.1, -0.05) is 11.6 Å². The van der Waals surface area contributed by atoms with Crippen molar-refractivity contribution in [2.24, 2.45) is 0 Å².